The molecule has 4 rings (SSSR count). The Morgan fingerprint density at radius 1 is 1.16 bits per heavy atom. The maximum Gasteiger partial charge on any atom is 0.293 e. The van der Waals surface area contributed by atoms with Gasteiger partial charge in [-0.15, -0.1) is 0 Å². The summed E-state index contributed by atoms with van der Waals surface area (Å²) in [5.41, 5.74) is 1.50. The fourth-order valence-electron chi connectivity index (χ4n) is 3.97. The van der Waals surface area contributed by atoms with E-state index >= 15 is 0 Å². The highest BCUT2D eigenvalue weighted by molar-refractivity contribution is 9.10. The molecule has 32 heavy (non-hydrogen) atoms. The first kappa shape index (κ1) is 23.3. The molecule has 2 aromatic rings. The van der Waals surface area contributed by atoms with E-state index in [1.807, 2.05) is 0 Å². The average molecular weight is 539 g/mol. The number of ether oxygens (including phenoxy) is 1. The summed E-state index contributed by atoms with van der Waals surface area (Å²) in [6.07, 6.45) is 7.40. The van der Waals surface area contributed by atoms with Crippen molar-refractivity contribution < 1.29 is 18.7 Å². The highest BCUT2D eigenvalue weighted by Crippen LogP contribution is 2.38. The van der Waals surface area contributed by atoms with Gasteiger partial charge >= 0.3 is 0 Å². The fraction of sp³-hybridized carbons (Fsp3) is 0.333. The third-order valence-electron chi connectivity index (χ3n) is 5.65. The molecule has 1 saturated carbocycles. The van der Waals surface area contributed by atoms with E-state index in [2.05, 4.69) is 15.9 Å². The second-order valence-corrected chi connectivity index (χ2v) is 10.3. The molecule has 168 valence electrons. The number of amides is 2. The first-order chi connectivity index (χ1) is 15.4. The summed E-state index contributed by atoms with van der Waals surface area (Å²) in [6.45, 7) is 0.737. The lowest BCUT2D eigenvalue weighted by atomic mass is 9.89. The van der Waals surface area contributed by atoms with Crippen molar-refractivity contribution in [2.45, 2.75) is 38.7 Å². The number of carbonyl (C=O) groups is 2. The van der Waals surface area contributed by atoms with Crippen LogP contribution in [0.15, 0.2) is 45.8 Å². The normalized spacial score (nSPS) is 18.6. The van der Waals surface area contributed by atoms with Gasteiger partial charge in [-0.3, -0.25) is 14.5 Å². The summed E-state index contributed by atoms with van der Waals surface area (Å²) in [5.74, 6) is 0.311. The number of carbonyl (C=O) groups excluding carboxylic acids is 2. The van der Waals surface area contributed by atoms with E-state index in [1.165, 1.54) is 36.3 Å². The first-order valence-electron chi connectivity index (χ1n) is 10.5. The van der Waals surface area contributed by atoms with E-state index in [0.717, 1.165) is 30.2 Å². The Morgan fingerprint density at radius 2 is 1.88 bits per heavy atom. The molecular weight excluding hydrogens is 517 g/mol. The molecule has 0 radical (unpaired) electrons. The van der Waals surface area contributed by atoms with Crippen molar-refractivity contribution in [1.82, 2.24) is 4.90 Å². The summed E-state index contributed by atoms with van der Waals surface area (Å²) in [5, 5.41) is 0.158. The summed E-state index contributed by atoms with van der Waals surface area (Å²) in [6, 6.07) is 9.53. The molecule has 0 aromatic heterocycles. The molecule has 4 nitrogen and oxygen atoms in total. The zero-order valence-corrected chi connectivity index (χ0v) is 20.4. The number of nitrogens with zero attached hydrogens (tertiary/aromatic N) is 1. The van der Waals surface area contributed by atoms with Crippen molar-refractivity contribution in [1.29, 1.82) is 0 Å². The van der Waals surface area contributed by atoms with Crippen molar-refractivity contribution in [2.75, 3.05) is 6.54 Å². The second-order valence-electron chi connectivity index (χ2n) is 8.03. The molecular formula is C24H22BrClFNO3S. The Bertz CT molecular complexity index is 1030. The predicted molar refractivity (Wildman–Crippen MR) is 129 cm³/mol. The Hall–Kier alpha value is -1.83. The molecule has 2 aliphatic rings. The Kier molecular flexibility index (Phi) is 7.59. The number of hydrogen-bond acceptors (Lipinski definition) is 4. The van der Waals surface area contributed by atoms with E-state index in [0.29, 0.717) is 38.2 Å². The average Bonchev–Trinajstić information content (AvgIpc) is 3.02. The lowest BCUT2D eigenvalue weighted by molar-refractivity contribution is -0.123. The van der Waals surface area contributed by atoms with Crippen molar-refractivity contribution in [3.63, 3.8) is 0 Å². The molecule has 0 N–H and O–H groups in total. The monoisotopic (exact) mass is 537 g/mol. The van der Waals surface area contributed by atoms with Crippen LogP contribution in [-0.2, 0) is 11.4 Å². The predicted octanol–water partition coefficient (Wildman–Crippen LogP) is 7.44. The van der Waals surface area contributed by atoms with Gasteiger partial charge < -0.3 is 4.74 Å². The quantitative estimate of drug-likeness (QED) is 0.359. The molecule has 1 aliphatic heterocycles. The van der Waals surface area contributed by atoms with E-state index in [-0.39, 0.29) is 23.6 Å². The third-order valence-corrected chi connectivity index (χ3v) is 7.43. The fourth-order valence-corrected chi connectivity index (χ4v) is 5.81. The summed E-state index contributed by atoms with van der Waals surface area (Å²) in [4.78, 5) is 27.0. The van der Waals surface area contributed by atoms with Crippen molar-refractivity contribution in [3.8, 4) is 5.75 Å². The number of thioether (sulfide) groups is 1. The van der Waals surface area contributed by atoms with Crippen LogP contribution in [0.25, 0.3) is 6.08 Å². The van der Waals surface area contributed by atoms with Crippen LogP contribution >= 0.6 is 39.3 Å². The van der Waals surface area contributed by atoms with Gasteiger partial charge in [-0.1, -0.05) is 43.0 Å². The van der Waals surface area contributed by atoms with E-state index in [4.69, 9.17) is 16.3 Å². The van der Waals surface area contributed by atoms with E-state index in [1.54, 1.807) is 30.3 Å². The van der Waals surface area contributed by atoms with Crippen LogP contribution in [0.1, 0.15) is 43.2 Å². The van der Waals surface area contributed by atoms with E-state index in [9.17, 15) is 14.0 Å². The van der Waals surface area contributed by atoms with Gasteiger partial charge in [-0.2, -0.15) is 0 Å². The molecule has 2 aromatic carbocycles. The van der Waals surface area contributed by atoms with Gasteiger partial charge in [0.25, 0.3) is 11.1 Å². The number of imide groups is 1. The molecule has 1 heterocycles. The maximum atomic E-state index is 13.1. The van der Waals surface area contributed by atoms with Gasteiger partial charge in [0.2, 0.25) is 0 Å². The van der Waals surface area contributed by atoms with Gasteiger partial charge in [0.15, 0.2) is 5.75 Å². The zero-order valence-electron chi connectivity index (χ0n) is 17.3. The largest absolute Gasteiger partial charge is 0.486 e. The molecule has 1 saturated heterocycles. The van der Waals surface area contributed by atoms with E-state index < -0.39 is 0 Å². The van der Waals surface area contributed by atoms with Crippen LogP contribution in [0.3, 0.4) is 0 Å². The first-order valence-corrected chi connectivity index (χ1v) is 12.5. The van der Waals surface area contributed by atoms with Crippen molar-refractivity contribution in [3.05, 3.63) is 67.7 Å². The SMILES string of the molecule is O=C1S/C(=C/c2cc(Cl)c(OCc3ccc(F)cc3)c(Br)c2)C(=O)N1CC1CCCCC1. The topological polar surface area (TPSA) is 46.6 Å². The molecule has 0 spiro atoms. The van der Waals surface area contributed by atoms with Gasteiger partial charge in [-0.25, -0.2) is 4.39 Å². The molecule has 0 bridgehead atoms. The minimum Gasteiger partial charge on any atom is -0.486 e. The second kappa shape index (κ2) is 10.4. The van der Waals surface area contributed by atoms with Crippen LogP contribution in [0.5, 0.6) is 5.75 Å². The van der Waals surface area contributed by atoms with Crippen LogP contribution in [0.4, 0.5) is 9.18 Å². The lowest BCUT2D eigenvalue weighted by Gasteiger charge is -2.25. The standard InChI is InChI=1S/C24H22BrClFNO3S/c25-19-10-17(11-20(26)22(19)31-14-16-6-8-18(27)9-7-16)12-21-23(29)28(24(30)32-21)13-15-4-2-1-3-5-15/h6-12,15H,1-5,13-14H2/b21-12+. The molecule has 0 atom stereocenters. The number of benzene rings is 2. The van der Waals surface area contributed by atoms with Crippen molar-refractivity contribution in [2.24, 2.45) is 5.92 Å². The molecule has 2 amide bonds. The van der Waals surface area contributed by atoms with Crippen LogP contribution < -0.4 is 4.74 Å². The minimum atomic E-state index is -0.305. The Balaban J connectivity index is 1.45. The zero-order chi connectivity index (χ0) is 22.7. The van der Waals surface area contributed by atoms with Crippen LogP contribution in [-0.4, -0.2) is 22.6 Å². The smallest absolute Gasteiger partial charge is 0.293 e. The summed E-state index contributed by atoms with van der Waals surface area (Å²) >= 11 is 10.9. The molecule has 8 heteroatoms. The Labute approximate surface area is 204 Å². The third kappa shape index (κ3) is 5.56. The maximum absolute atomic E-state index is 13.1. The Morgan fingerprint density at radius 3 is 2.56 bits per heavy atom. The summed E-state index contributed by atoms with van der Waals surface area (Å²) in [7, 11) is 0. The van der Waals surface area contributed by atoms with Gasteiger partial charge in [0.1, 0.15) is 12.4 Å². The molecule has 2 fully saturated rings. The lowest BCUT2D eigenvalue weighted by Crippen LogP contribution is -2.34. The highest BCUT2D eigenvalue weighted by Gasteiger charge is 2.36. The molecule has 1 aliphatic carbocycles. The van der Waals surface area contributed by atoms with Gasteiger partial charge in [-0.05, 0) is 87.9 Å². The number of rotatable bonds is 6. The van der Waals surface area contributed by atoms with Gasteiger partial charge in [0.05, 0.1) is 14.4 Å². The van der Waals surface area contributed by atoms with Crippen LogP contribution in [0, 0.1) is 11.7 Å². The van der Waals surface area contributed by atoms with Crippen LogP contribution in [0.2, 0.25) is 5.02 Å². The summed E-state index contributed by atoms with van der Waals surface area (Å²) < 4.78 is 19.5. The van der Waals surface area contributed by atoms with Gasteiger partial charge in [0, 0.05) is 6.54 Å². The highest BCUT2D eigenvalue weighted by atomic mass is 79.9. The number of hydrogen-bond donors (Lipinski definition) is 0. The van der Waals surface area contributed by atoms with Crippen molar-refractivity contribution >= 4 is 56.5 Å². The minimum absolute atomic E-state index is 0.212. The number of halogens is 3. The molecule has 0 unspecified atom stereocenters.